The van der Waals surface area contributed by atoms with Gasteiger partial charge in [-0.3, -0.25) is 0 Å². The van der Waals surface area contributed by atoms with Crippen LogP contribution in [0.2, 0.25) is 0 Å². The first-order chi connectivity index (χ1) is 10.1. The van der Waals surface area contributed by atoms with E-state index in [0.29, 0.717) is 22.1 Å². The van der Waals surface area contributed by atoms with Crippen LogP contribution in [-0.2, 0) is 0 Å². The van der Waals surface area contributed by atoms with Crippen LogP contribution in [0.1, 0.15) is 0 Å². The number of nitrogen functional groups attached to an aromatic ring is 1. The maximum atomic E-state index is 13.0. The van der Waals surface area contributed by atoms with Gasteiger partial charge in [-0.2, -0.15) is 0 Å². The highest BCUT2D eigenvalue weighted by molar-refractivity contribution is 7.99. The number of ether oxygens (including phenoxy) is 1. The second-order valence-electron chi connectivity index (χ2n) is 4.39. The Kier molecular flexibility index (Phi) is 5.41. The van der Waals surface area contributed by atoms with Crippen molar-refractivity contribution in [3.05, 3.63) is 54.1 Å². The lowest BCUT2D eigenvalue weighted by atomic mass is 10.3. The summed E-state index contributed by atoms with van der Waals surface area (Å²) in [7, 11) is 0. The van der Waals surface area contributed by atoms with Crippen molar-refractivity contribution in [2.45, 2.75) is 11.0 Å². The number of aliphatic hydroxyl groups is 1. The van der Waals surface area contributed by atoms with E-state index in [1.54, 1.807) is 24.3 Å². The van der Waals surface area contributed by atoms with Crippen molar-refractivity contribution >= 4 is 17.4 Å². The Labute approximate surface area is 125 Å². The van der Waals surface area contributed by atoms with E-state index >= 15 is 0 Å². The van der Waals surface area contributed by atoms with Crippen molar-refractivity contribution in [1.29, 1.82) is 0 Å². The predicted molar refractivity (Wildman–Crippen MR) is 79.4 cm³/mol. The van der Waals surface area contributed by atoms with Gasteiger partial charge in [0.25, 0.3) is 0 Å². The molecular weight excluding hydrogens is 296 g/mol. The molecule has 112 valence electrons. The van der Waals surface area contributed by atoms with Crippen LogP contribution in [0.3, 0.4) is 0 Å². The largest absolute Gasteiger partial charge is 0.489 e. The summed E-state index contributed by atoms with van der Waals surface area (Å²) in [6.07, 6.45) is -0.747. The lowest BCUT2D eigenvalue weighted by Crippen LogP contribution is -2.20. The van der Waals surface area contributed by atoms with Gasteiger partial charge in [-0.05, 0) is 30.3 Å². The summed E-state index contributed by atoms with van der Waals surface area (Å²) in [5.74, 6) is -0.974. The number of benzene rings is 2. The SMILES string of the molecule is Nc1ccccc1OCC(O)CSc1ccc(F)c(F)c1. The number of hydrogen-bond acceptors (Lipinski definition) is 4. The summed E-state index contributed by atoms with van der Waals surface area (Å²) in [6.45, 7) is 0.0743. The first kappa shape index (κ1) is 15.6. The average Bonchev–Trinajstić information content (AvgIpc) is 2.47. The number of aliphatic hydroxyl groups excluding tert-OH is 1. The number of para-hydroxylation sites is 2. The first-order valence-electron chi connectivity index (χ1n) is 6.29. The van der Waals surface area contributed by atoms with Gasteiger partial charge in [0, 0.05) is 10.6 Å². The number of thioether (sulfide) groups is 1. The smallest absolute Gasteiger partial charge is 0.159 e. The minimum Gasteiger partial charge on any atom is -0.489 e. The molecule has 2 aromatic rings. The van der Waals surface area contributed by atoms with E-state index in [0.717, 1.165) is 12.1 Å². The molecule has 0 aromatic heterocycles. The van der Waals surface area contributed by atoms with Crippen molar-refractivity contribution in [1.82, 2.24) is 0 Å². The third kappa shape index (κ3) is 4.61. The fraction of sp³-hybridized carbons (Fsp3) is 0.200. The van der Waals surface area contributed by atoms with E-state index in [2.05, 4.69) is 0 Å². The molecule has 21 heavy (non-hydrogen) atoms. The molecule has 0 spiro atoms. The fourth-order valence-electron chi connectivity index (χ4n) is 1.61. The molecule has 3 N–H and O–H groups in total. The maximum absolute atomic E-state index is 13.0. The van der Waals surface area contributed by atoms with Crippen LogP contribution < -0.4 is 10.5 Å². The number of rotatable bonds is 6. The van der Waals surface area contributed by atoms with Crippen LogP contribution in [0.5, 0.6) is 5.75 Å². The van der Waals surface area contributed by atoms with E-state index in [9.17, 15) is 13.9 Å². The highest BCUT2D eigenvalue weighted by atomic mass is 32.2. The molecule has 2 aromatic carbocycles. The molecule has 0 saturated carbocycles. The molecule has 2 rings (SSSR count). The number of nitrogens with two attached hydrogens (primary N) is 1. The van der Waals surface area contributed by atoms with E-state index in [1.807, 2.05) is 0 Å². The summed E-state index contributed by atoms with van der Waals surface area (Å²) >= 11 is 1.22. The fourth-order valence-corrected chi connectivity index (χ4v) is 2.44. The van der Waals surface area contributed by atoms with Crippen LogP contribution >= 0.6 is 11.8 Å². The van der Waals surface area contributed by atoms with Gasteiger partial charge in [0.15, 0.2) is 11.6 Å². The molecule has 3 nitrogen and oxygen atoms in total. The zero-order valence-corrected chi connectivity index (χ0v) is 11.9. The van der Waals surface area contributed by atoms with E-state index in [4.69, 9.17) is 10.5 Å². The molecule has 1 atom stereocenters. The second-order valence-corrected chi connectivity index (χ2v) is 5.48. The molecule has 0 heterocycles. The molecule has 0 aliphatic carbocycles. The third-order valence-electron chi connectivity index (χ3n) is 2.68. The molecule has 0 fully saturated rings. The summed E-state index contributed by atoms with van der Waals surface area (Å²) in [6, 6.07) is 10.6. The minimum atomic E-state index is -0.900. The molecule has 6 heteroatoms. The van der Waals surface area contributed by atoms with Crippen molar-refractivity contribution < 1.29 is 18.6 Å². The second kappa shape index (κ2) is 7.28. The van der Waals surface area contributed by atoms with E-state index in [1.165, 1.54) is 17.8 Å². The molecule has 0 saturated heterocycles. The quantitative estimate of drug-likeness (QED) is 0.636. The van der Waals surface area contributed by atoms with Gasteiger partial charge in [0.2, 0.25) is 0 Å². The van der Waals surface area contributed by atoms with Gasteiger partial charge in [0.05, 0.1) is 11.8 Å². The Morgan fingerprint density at radius 2 is 1.90 bits per heavy atom. The average molecular weight is 311 g/mol. The normalized spacial score (nSPS) is 12.1. The predicted octanol–water partition coefficient (Wildman–Crippen LogP) is 3.08. The topological polar surface area (TPSA) is 55.5 Å². The van der Waals surface area contributed by atoms with Crippen molar-refractivity contribution in [2.24, 2.45) is 0 Å². The summed E-state index contributed by atoms with van der Waals surface area (Å²) in [4.78, 5) is 0.548. The Bertz CT molecular complexity index is 610. The Hall–Kier alpha value is -1.79. The van der Waals surface area contributed by atoms with Gasteiger partial charge in [-0.1, -0.05) is 12.1 Å². The molecule has 0 aliphatic heterocycles. The Morgan fingerprint density at radius 1 is 1.14 bits per heavy atom. The van der Waals surface area contributed by atoms with Gasteiger partial charge < -0.3 is 15.6 Å². The van der Waals surface area contributed by atoms with Crippen LogP contribution in [-0.4, -0.2) is 23.6 Å². The summed E-state index contributed by atoms with van der Waals surface area (Å²) in [5.41, 5.74) is 6.21. The minimum absolute atomic E-state index is 0.0743. The van der Waals surface area contributed by atoms with E-state index < -0.39 is 17.7 Å². The standard InChI is InChI=1S/C15H15F2NO2S/c16-12-6-5-11(7-13(12)17)21-9-10(19)8-20-15-4-2-1-3-14(15)18/h1-7,10,19H,8-9,18H2. The highest BCUT2D eigenvalue weighted by Gasteiger charge is 2.09. The lowest BCUT2D eigenvalue weighted by Gasteiger charge is -2.13. The van der Waals surface area contributed by atoms with Gasteiger partial charge in [-0.25, -0.2) is 8.78 Å². The maximum Gasteiger partial charge on any atom is 0.159 e. The van der Waals surface area contributed by atoms with Crippen molar-refractivity contribution in [2.75, 3.05) is 18.1 Å². The lowest BCUT2D eigenvalue weighted by molar-refractivity contribution is 0.127. The molecule has 0 radical (unpaired) electrons. The van der Waals surface area contributed by atoms with Crippen molar-refractivity contribution in [3.63, 3.8) is 0 Å². The van der Waals surface area contributed by atoms with Crippen LogP contribution in [0.25, 0.3) is 0 Å². The molecular formula is C15H15F2NO2S. The van der Waals surface area contributed by atoms with Gasteiger partial charge >= 0.3 is 0 Å². The summed E-state index contributed by atoms with van der Waals surface area (Å²) in [5, 5.41) is 9.83. The van der Waals surface area contributed by atoms with Crippen LogP contribution in [0.15, 0.2) is 47.4 Å². The summed E-state index contributed by atoms with van der Waals surface area (Å²) < 4.78 is 31.2. The van der Waals surface area contributed by atoms with Crippen LogP contribution in [0, 0.1) is 11.6 Å². The monoisotopic (exact) mass is 311 g/mol. The number of halogens is 2. The Morgan fingerprint density at radius 3 is 2.62 bits per heavy atom. The zero-order chi connectivity index (χ0) is 15.2. The molecule has 0 amide bonds. The highest BCUT2D eigenvalue weighted by Crippen LogP contribution is 2.23. The first-order valence-corrected chi connectivity index (χ1v) is 7.28. The third-order valence-corrected chi connectivity index (χ3v) is 3.82. The van der Waals surface area contributed by atoms with Gasteiger partial charge in [0.1, 0.15) is 12.4 Å². The van der Waals surface area contributed by atoms with Crippen LogP contribution in [0.4, 0.5) is 14.5 Å². The number of hydrogen-bond donors (Lipinski definition) is 2. The molecule has 0 aliphatic rings. The number of anilines is 1. The van der Waals surface area contributed by atoms with Crippen molar-refractivity contribution in [3.8, 4) is 5.75 Å². The molecule has 0 bridgehead atoms. The Balaban J connectivity index is 1.81. The van der Waals surface area contributed by atoms with Gasteiger partial charge in [-0.15, -0.1) is 11.8 Å². The molecule has 1 unspecified atom stereocenters. The van der Waals surface area contributed by atoms with E-state index in [-0.39, 0.29) is 6.61 Å². The zero-order valence-electron chi connectivity index (χ0n) is 11.1.